The second-order valence-corrected chi connectivity index (χ2v) is 6.39. The fourth-order valence-electron chi connectivity index (χ4n) is 1.56. The van der Waals surface area contributed by atoms with Crippen molar-refractivity contribution in [2.45, 2.75) is 44.8 Å². The Balaban J connectivity index is 2.55. The van der Waals surface area contributed by atoms with Crippen LogP contribution in [0, 0.1) is 0 Å². The van der Waals surface area contributed by atoms with Gasteiger partial charge in [-0.1, -0.05) is 6.92 Å². The monoisotopic (exact) mass is 173 g/mol. The lowest BCUT2D eigenvalue weighted by atomic mass is 10.1. The largest absolute Gasteiger partial charge is 0.298 e. The number of hydrogen-bond acceptors (Lipinski definition) is 1. The Labute approximate surface area is 72.7 Å². The van der Waals surface area contributed by atoms with Crippen LogP contribution in [0.3, 0.4) is 0 Å². The first-order valence-corrected chi connectivity index (χ1v) is 4.93. The van der Waals surface area contributed by atoms with Crippen molar-refractivity contribution in [3.05, 3.63) is 0 Å². The van der Waals surface area contributed by atoms with Gasteiger partial charge in [0.2, 0.25) is 0 Å². The van der Waals surface area contributed by atoms with Crippen molar-refractivity contribution in [3.8, 4) is 0 Å². The van der Waals surface area contributed by atoms with Crippen LogP contribution in [0.2, 0.25) is 0 Å². The average Bonchev–Trinajstić information content (AvgIpc) is 2.07. The molecule has 66 valence electrons. The molecule has 1 heterocycles. The van der Waals surface area contributed by atoms with Crippen LogP contribution in [0.5, 0.6) is 0 Å². The van der Waals surface area contributed by atoms with E-state index in [0.29, 0.717) is 10.7 Å². The first-order valence-electron chi connectivity index (χ1n) is 4.35. The molecule has 0 aromatic rings. The van der Waals surface area contributed by atoms with E-state index >= 15 is 0 Å². The van der Waals surface area contributed by atoms with Crippen LogP contribution in [0.1, 0.15) is 34.1 Å². The molecule has 0 aromatic carbocycles. The molecule has 0 aliphatic carbocycles. The van der Waals surface area contributed by atoms with E-state index in [-0.39, 0.29) is 0 Å². The minimum Gasteiger partial charge on any atom is -0.298 e. The van der Waals surface area contributed by atoms with Gasteiger partial charge in [0.15, 0.2) is 0 Å². The van der Waals surface area contributed by atoms with Gasteiger partial charge >= 0.3 is 0 Å². The molecule has 1 aliphatic rings. The maximum absolute atomic E-state index is 2.97. The van der Waals surface area contributed by atoms with E-state index in [2.05, 4.69) is 41.8 Å². The Morgan fingerprint density at radius 3 is 2.09 bits per heavy atom. The zero-order valence-corrected chi connectivity index (χ0v) is 9.30. The van der Waals surface area contributed by atoms with Crippen LogP contribution in [-0.4, -0.2) is 28.7 Å². The molecule has 0 spiro atoms. The van der Waals surface area contributed by atoms with Gasteiger partial charge in [-0.3, -0.25) is 4.90 Å². The SMILES string of the molecule is CC1(P)CCN(C(C)(C)C)C1. The molecule has 2 atom stereocenters. The van der Waals surface area contributed by atoms with Crippen LogP contribution < -0.4 is 0 Å². The molecular weight excluding hydrogens is 153 g/mol. The molecule has 0 aromatic heterocycles. The van der Waals surface area contributed by atoms with Crippen LogP contribution >= 0.6 is 9.24 Å². The minimum atomic E-state index is 0.355. The third-order valence-electron chi connectivity index (χ3n) is 2.45. The highest BCUT2D eigenvalue weighted by Crippen LogP contribution is 2.33. The van der Waals surface area contributed by atoms with Crippen molar-refractivity contribution in [3.63, 3.8) is 0 Å². The van der Waals surface area contributed by atoms with Crippen molar-refractivity contribution in [1.29, 1.82) is 0 Å². The molecule has 0 bridgehead atoms. The van der Waals surface area contributed by atoms with Crippen LogP contribution in [0.25, 0.3) is 0 Å². The van der Waals surface area contributed by atoms with Crippen LogP contribution in [-0.2, 0) is 0 Å². The zero-order chi connectivity index (χ0) is 8.70. The van der Waals surface area contributed by atoms with Crippen LogP contribution in [0.15, 0.2) is 0 Å². The van der Waals surface area contributed by atoms with E-state index in [4.69, 9.17) is 0 Å². The van der Waals surface area contributed by atoms with Gasteiger partial charge in [-0.2, -0.15) is 0 Å². The van der Waals surface area contributed by atoms with E-state index in [1.54, 1.807) is 0 Å². The molecule has 0 radical (unpaired) electrons. The summed E-state index contributed by atoms with van der Waals surface area (Å²) in [7, 11) is 2.97. The normalized spacial score (nSPS) is 34.6. The van der Waals surface area contributed by atoms with E-state index in [1.807, 2.05) is 0 Å². The summed E-state index contributed by atoms with van der Waals surface area (Å²) in [5.74, 6) is 0. The molecule has 0 N–H and O–H groups in total. The lowest BCUT2D eigenvalue weighted by Gasteiger charge is -2.32. The maximum Gasteiger partial charge on any atom is 0.0125 e. The molecule has 11 heavy (non-hydrogen) atoms. The van der Waals surface area contributed by atoms with Gasteiger partial charge in [0.25, 0.3) is 0 Å². The highest BCUT2D eigenvalue weighted by atomic mass is 31.0. The summed E-state index contributed by atoms with van der Waals surface area (Å²) in [5.41, 5.74) is 0.355. The lowest BCUT2D eigenvalue weighted by Crippen LogP contribution is -2.40. The van der Waals surface area contributed by atoms with Crippen molar-refractivity contribution in [1.82, 2.24) is 4.90 Å². The first-order chi connectivity index (χ1) is 4.81. The van der Waals surface area contributed by atoms with Crippen molar-refractivity contribution in [2.75, 3.05) is 13.1 Å². The molecule has 1 rings (SSSR count). The summed E-state index contributed by atoms with van der Waals surface area (Å²) >= 11 is 0. The average molecular weight is 173 g/mol. The van der Waals surface area contributed by atoms with E-state index in [1.165, 1.54) is 19.5 Å². The predicted molar refractivity (Wildman–Crippen MR) is 54.1 cm³/mol. The van der Waals surface area contributed by atoms with E-state index in [9.17, 15) is 0 Å². The lowest BCUT2D eigenvalue weighted by molar-refractivity contribution is 0.172. The summed E-state index contributed by atoms with van der Waals surface area (Å²) in [6.45, 7) is 11.7. The molecule has 2 heteroatoms. The highest BCUT2D eigenvalue weighted by molar-refractivity contribution is 7.19. The summed E-state index contributed by atoms with van der Waals surface area (Å²) in [6, 6.07) is 0. The molecule has 1 fully saturated rings. The second-order valence-electron chi connectivity index (χ2n) is 5.00. The van der Waals surface area contributed by atoms with Crippen molar-refractivity contribution in [2.24, 2.45) is 0 Å². The zero-order valence-electron chi connectivity index (χ0n) is 8.15. The Kier molecular flexibility index (Phi) is 2.33. The number of likely N-dealkylation sites (tertiary alicyclic amines) is 1. The Bertz CT molecular complexity index is 146. The standard InChI is InChI=1S/C9H20NP/c1-8(2,3)10-6-5-9(4,11)7-10/h5-7,11H2,1-4H3. The van der Waals surface area contributed by atoms with Gasteiger partial charge in [-0.15, -0.1) is 9.24 Å². The Morgan fingerprint density at radius 2 is 1.91 bits per heavy atom. The molecular formula is C9H20NP. The number of nitrogens with zero attached hydrogens (tertiary/aromatic N) is 1. The molecule has 1 saturated heterocycles. The van der Waals surface area contributed by atoms with Gasteiger partial charge in [0.1, 0.15) is 0 Å². The van der Waals surface area contributed by atoms with E-state index < -0.39 is 0 Å². The summed E-state index contributed by atoms with van der Waals surface area (Å²) in [6.07, 6.45) is 1.31. The summed E-state index contributed by atoms with van der Waals surface area (Å²) < 4.78 is 0. The topological polar surface area (TPSA) is 3.24 Å². The van der Waals surface area contributed by atoms with Crippen molar-refractivity contribution < 1.29 is 0 Å². The molecule has 1 nitrogen and oxygen atoms in total. The molecule has 1 aliphatic heterocycles. The number of hydrogen-bond donors (Lipinski definition) is 0. The predicted octanol–water partition coefficient (Wildman–Crippen LogP) is 2.12. The van der Waals surface area contributed by atoms with Gasteiger partial charge in [-0.25, -0.2) is 0 Å². The Hall–Kier alpha value is 0.390. The minimum absolute atomic E-state index is 0.355. The van der Waals surface area contributed by atoms with Crippen LogP contribution in [0.4, 0.5) is 0 Å². The smallest absolute Gasteiger partial charge is 0.0125 e. The number of rotatable bonds is 0. The maximum atomic E-state index is 2.97. The van der Waals surface area contributed by atoms with Crippen molar-refractivity contribution >= 4 is 9.24 Å². The first kappa shape index (κ1) is 9.48. The van der Waals surface area contributed by atoms with Gasteiger partial charge in [0.05, 0.1) is 0 Å². The highest BCUT2D eigenvalue weighted by Gasteiger charge is 2.34. The molecule has 0 saturated carbocycles. The summed E-state index contributed by atoms with van der Waals surface area (Å²) in [5, 5.41) is 0.466. The second kappa shape index (κ2) is 2.71. The fraction of sp³-hybridized carbons (Fsp3) is 1.00. The van der Waals surface area contributed by atoms with E-state index in [0.717, 1.165) is 0 Å². The van der Waals surface area contributed by atoms with Gasteiger partial charge < -0.3 is 0 Å². The van der Waals surface area contributed by atoms with Gasteiger partial charge in [-0.05, 0) is 38.9 Å². The quantitative estimate of drug-likeness (QED) is 0.507. The van der Waals surface area contributed by atoms with Gasteiger partial charge in [0, 0.05) is 12.1 Å². The molecule has 0 amide bonds. The third-order valence-corrected chi connectivity index (χ3v) is 2.92. The molecule has 2 unspecified atom stereocenters. The third kappa shape index (κ3) is 2.42. The fourth-order valence-corrected chi connectivity index (χ4v) is 1.91. The summed E-state index contributed by atoms with van der Waals surface area (Å²) in [4.78, 5) is 2.56. The Morgan fingerprint density at radius 1 is 1.36 bits per heavy atom.